The standard InChI is InChI=1S/C6H14N2O3S.Na.H/c1-2-12(9,10)11-8-5-3-7-4-6-8;;/h7H,2-6H2,1H3;;/q;+1;-1. The molecule has 0 spiro atoms. The molecule has 5 nitrogen and oxygen atoms in total. The van der Waals surface area contributed by atoms with Gasteiger partial charge < -0.3 is 6.74 Å². The number of rotatable bonds is 3. The van der Waals surface area contributed by atoms with Gasteiger partial charge in [-0.25, -0.2) is 0 Å². The topological polar surface area (TPSA) is 58.6 Å². The predicted octanol–water partition coefficient (Wildman–Crippen LogP) is -3.71. The summed E-state index contributed by atoms with van der Waals surface area (Å²) in [5.74, 6) is 0.0247. The van der Waals surface area contributed by atoms with Gasteiger partial charge in [0.05, 0.1) is 5.75 Å². The van der Waals surface area contributed by atoms with Crippen LogP contribution in [-0.4, -0.2) is 45.4 Å². The van der Waals surface area contributed by atoms with Crippen LogP contribution in [0.4, 0.5) is 0 Å². The fourth-order valence-corrected chi connectivity index (χ4v) is 1.51. The van der Waals surface area contributed by atoms with Crippen LogP contribution in [0.25, 0.3) is 0 Å². The second-order valence-electron chi connectivity index (χ2n) is 2.60. The Bertz CT molecular complexity index is 231. The molecule has 0 aromatic carbocycles. The van der Waals surface area contributed by atoms with Crippen molar-refractivity contribution >= 4 is 10.1 Å². The fourth-order valence-electron chi connectivity index (χ4n) is 0.932. The Balaban J connectivity index is 0. The maximum Gasteiger partial charge on any atom is 1.00 e. The summed E-state index contributed by atoms with van der Waals surface area (Å²) in [5, 5.41) is 4.58. The van der Waals surface area contributed by atoms with Crippen molar-refractivity contribution < 1.29 is 43.7 Å². The van der Waals surface area contributed by atoms with E-state index in [0.29, 0.717) is 13.1 Å². The number of piperazine rings is 1. The van der Waals surface area contributed by atoms with E-state index in [4.69, 9.17) is 4.28 Å². The fraction of sp³-hybridized carbons (Fsp3) is 1.00. The number of hydroxylamine groups is 2. The molecular weight excluding hydrogens is 203 g/mol. The molecule has 1 N–H and O–H groups in total. The maximum atomic E-state index is 11.0. The van der Waals surface area contributed by atoms with E-state index in [-0.39, 0.29) is 36.7 Å². The molecule has 0 amide bonds. The van der Waals surface area contributed by atoms with Gasteiger partial charge in [0.15, 0.2) is 0 Å². The predicted molar refractivity (Wildman–Crippen MR) is 46.1 cm³/mol. The first-order valence-electron chi connectivity index (χ1n) is 4.02. The Morgan fingerprint density at radius 1 is 1.46 bits per heavy atom. The molecular formula is C6H15N2NaO3S. The smallest absolute Gasteiger partial charge is 1.00 e. The van der Waals surface area contributed by atoms with Gasteiger partial charge in [-0.2, -0.15) is 17.8 Å². The molecule has 0 aliphatic carbocycles. The minimum absolute atomic E-state index is 0. The third kappa shape index (κ3) is 5.31. The van der Waals surface area contributed by atoms with Crippen LogP contribution in [0, 0.1) is 0 Å². The average Bonchev–Trinajstić information content (AvgIpc) is 2.06. The zero-order chi connectivity index (χ0) is 9.03. The minimum atomic E-state index is -3.32. The largest absolute Gasteiger partial charge is 1.00 e. The second-order valence-corrected chi connectivity index (χ2v) is 4.44. The number of hydrogen-bond acceptors (Lipinski definition) is 5. The van der Waals surface area contributed by atoms with E-state index in [1.165, 1.54) is 5.06 Å². The van der Waals surface area contributed by atoms with Crippen molar-refractivity contribution in [3.05, 3.63) is 0 Å². The van der Waals surface area contributed by atoms with E-state index in [1.807, 2.05) is 0 Å². The molecule has 1 aliphatic rings. The van der Waals surface area contributed by atoms with Crippen molar-refractivity contribution in [2.24, 2.45) is 0 Å². The van der Waals surface area contributed by atoms with Crippen molar-refractivity contribution in [2.45, 2.75) is 6.92 Å². The third-order valence-corrected chi connectivity index (χ3v) is 2.79. The monoisotopic (exact) mass is 218 g/mol. The molecule has 1 rings (SSSR count). The van der Waals surface area contributed by atoms with E-state index in [9.17, 15) is 8.42 Å². The van der Waals surface area contributed by atoms with Gasteiger partial charge >= 0.3 is 29.6 Å². The van der Waals surface area contributed by atoms with E-state index in [1.54, 1.807) is 6.92 Å². The summed E-state index contributed by atoms with van der Waals surface area (Å²) in [6.07, 6.45) is 0. The van der Waals surface area contributed by atoms with Crippen molar-refractivity contribution in [2.75, 3.05) is 31.9 Å². The van der Waals surface area contributed by atoms with Crippen molar-refractivity contribution in [3.63, 3.8) is 0 Å². The van der Waals surface area contributed by atoms with Crippen LogP contribution in [0.1, 0.15) is 8.35 Å². The molecule has 0 radical (unpaired) electrons. The Morgan fingerprint density at radius 3 is 2.46 bits per heavy atom. The molecule has 0 aromatic heterocycles. The van der Waals surface area contributed by atoms with Crippen LogP contribution in [0.2, 0.25) is 0 Å². The zero-order valence-corrected chi connectivity index (χ0v) is 10.9. The van der Waals surface area contributed by atoms with Gasteiger partial charge in [-0.3, -0.25) is 0 Å². The summed E-state index contributed by atoms with van der Waals surface area (Å²) in [4.78, 5) is 0. The van der Waals surface area contributed by atoms with Crippen LogP contribution in [0.5, 0.6) is 0 Å². The minimum Gasteiger partial charge on any atom is -1.00 e. The Hall–Kier alpha value is 0.830. The molecule has 13 heavy (non-hydrogen) atoms. The van der Waals surface area contributed by atoms with E-state index in [2.05, 4.69) is 5.32 Å². The first-order chi connectivity index (χ1) is 5.64. The summed E-state index contributed by atoms with van der Waals surface area (Å²) in [5.41, 5.74) is 0. The first-order valence-corrected chi connectivity index (χ1v) is 5.60. The molecule has 1 fully saturated rings. The van der Waals surface area contributed by atoms with Gasteiger partial charge in [-0.05, 0) is 6.92 Å². The molecule has 1 aliphatic heterocycles. The summed E-state index contributed by atoms with van der Waals surface area (Å²) < 4.78 is 26.8. The molecule has 0 unspecified atom stereocenters. The molecule has 74 valence electrons. The van der Waals surface area contributed by atoms with Gasteiger partial charge in [-0.15, -0.1) is 0 Å². The van der Waals surface area contributed by atoms with Crippen LogP contribution >= 0.6 is 0 Å². The van der Waals surface area contributed by atoms with Crippen LogP contribution in [-0.2, 0) is 14.4 Å². The number of nitrogens with one attached hydrogen (secondary N) is 1. The third-order valence-electron chi connectivity index (χ3n) is 1.65. The number of nitrogens with zero attached hydrogens (tertiary/aromatic N) is 1. The van der Waals surface area contributed by atoms with Crippen molar-refractivity contribution in [1.29, 1.82) is 0 Å². The Kier molecular flexibility index (Phi) is 6.74. The first kappa shape index (κ1) is 13.8. The summed E-state index contributed by atoms with van der Waals surface area (Å²) in [6, 6.07) is 0. The summed E-state index contributed by atoms with van der Waals surface area (Å²) in [7, 11) is -3.32. The number of hydrogen-bond donors (Lipinski definition) is 1. The molecule has 1 heterocycles. The molecule has 7 heteroatoms. The van der Waals surface area contributed by atoms with Gasteiger partial charge in [0.25, 0.3) is 10.1 Å². The average molecular weight is 218 g/mol. The van der Waals surface area contributed by atoms with Crippen LogP contribution in [0.15, 0.2) is 0 Å². The van der Waals surface area contributed by atoms with E-state index >= 15 is 0 Å². The Morgan fingerprint density at radius 2 is 2.00 bits per heavy atom. The van der Waals surface area contributed by atoms with Crippen LogP contribution < -0.4 is 34.9 Å². The van der Waals surface area contributed by atoms with Gasteiger partial charge in [-0.1, -0.05) is 0 Å². The molecule has 0 bridgehead atoms. The van der Waals surface area contributed by atoms with Crippen molar-refractivity contribution in [1.82, 2.24) is 10.4 Å². The molecule has 1 saturated heterocycles. The van der Waals surface area contributed by atoms with Gasteiger partial charge in [0, 0.05) is 26.2 Å². The van der Waals surface area contributed by atoms with Crippen LogP contribution in [0.3, 0.4) is 0 Å². The summed E-state index contributed by atoms with van der Waals surface area (Å²) in [6.45, 7) is 4.37. The normalized spacial score (nSPS) is 19.5. The SMILES string of the molecule is CCS(=O)(=O)ON1CCNCC1.[H-].[Na+]. The van der Waals surface area contributed by atoms with Gasteiger partial charge in [0.2, 0.25) is 0 Å². The molecule has 0 aromatic rings. The molecule has 0 atom stereocenters. The van der Waals surface area contributed by atoms with Gasteiger partial charge in [0.1, 0.15) is 0 Å². The Labute approximate surface area is 103 Å². The molecule has 0 saturated carbocycles. The van der Waals surface area contributed by atoms with Crippen molar-refractivity contribution in [3.8, 4) is 0 Å². The second kappa shape index (κ2) is 6.34. The van der Waals surface area contributed by atoms with E-state index < -0.39 is 10.1 Å². The zero-order valence-electron chi connectivity index (χ0n) is 9.12. The van der Waals surface area contributed by atoms with E-state index in [0.717, 1.165) is 13.1 Å². The quantitative estimate of drug-likeness (QED) is 0.494. The maximum absolute atomic E-state index is 11.0. The summed E-state index contributed by atoms with van der Waals surface area (Å²) >= 11 is 0.